The Morgan fingerprint density at radius 3 is 2.74 bits per heavy atom. The maximum absolute atomic E-state index is 14.5. The summed E-state index contributed by atoms with van der Waals surface area (Å²) in [5.41, 5.74) is -0.860. The SMILES string of the molecule is CC[C@@]1(C)C=C(c2ccc(S(=O)(=O)Nc3cc4c(=O)[nH]ccc4cc3F)s2)C=NC1=O. The molecule has 7 nitrogen and oxygen atoms in total. The molecule has 1 aliphatic rings. The summed E-state index contributed by atoms with van der Waals surface area (Å²) in [4.78, 5) is 31.0. The lowest BCUT2D eigenvalue weighted by Crippen LogP contribution is -2.26. The van der Waals surface area contributed by atoms with E-state index in [2.05, 4.69) is 14.7 Å². The number of benzene rings is 1. The molecule has 3 aromatic rings. The number of aromatic amines is 1. The summed E-state index contributed by atoms with van der Waals surface area (Å²) in [5, 5.41) is 0.528. The van der Waals surface area contributed by atoms with Gasteiger partial charge >= 0.3 is 0 Å². The molecular weight excluding hydrogens is 441 g/mol. The van der Waals surface area contributed by atoms with Gasteiger partial charge in [0.2, 0.25) is 0 Å². The summed E-state index contributed by atoms with van der Waals surface area (Å²) < 4.78 is 42.3. The van der Waals surface area contributed by atoms with Gasteiger partial charge in [-0.3, -0.25) is 14.3 Å². The molecule has 0 unspecified atom stereocenters. The van der Waals surface area contributed by atoms with Crippen molar-refractivity contribution in [3.63, 3.8) is 0 Å². The van der Waals surface area contributed by atoms with Gasteiger partial charge in [0.25, 0.3) is 21.5 Å². The summed E-state index contributed by atoms with van der Waals surface area (Å²) in [5.74, 6) is -1.04. The van der Waals surface area contributed by atoms with Crippen molar-refractivity contribution < 1.29 is 17.6 Å². The first-order valence-electron chi connectivity index (χ1n) is 9.38. The Morgan fingerprint density at radius 1 is 1.23 bits per heavy atom. The first kappa shape index (κ1) is 21.1. The molecule has 3 heterocycles. The molecule has 0 fully saturated rings. The van der Waals surface area contributed by atoms with Gasteiger partial charge in [-0.25, -0.2) is 17.8 Å². The van der Waals surface area contributed by atoms with Crippen LogP contribution in [-0.2, 0) is 14.8 Å². The van der Waals surface area contributed by atoms with Gasteiger partial charge in [0, 0.05) is 28.2 Å². The van der Waals surface area contributed by atoms with Gasteiger partial charge < -0.3 is 4.98 Å². The first-order chi connectivity index (χ1) is 14.6. The van der Waals surface area contributed by atoms with Crippen molar-refractivity contribution in [2.24, 2.45) is 10.4 Å². The Morgan fingerprint density at radius 2 is 2.00 bits per heavy atom. The lowest BCUT2D eigenvalue weighted by Gasteiger charge is -2.23. The third kappa shape index (κ3) is 3.84. The highest BCUT2D eigenvalue weighted by atomic mass is 32.2. The standard InChI is InChI=1S/C21H18FN3O4S2/c1-3-21(2)10-13(11-24-20(21)27)17-4-5-18(30-17)31(28,29)25-16-9-14-12(8-15(16)22)6-7-23-19(14)26/h4-11,25H,3H2,1-2H3,(H,23,26)/t21-/m0/s1. The molecule has 0 spiro atoms. The maximum Gasteiger partial charge on any atom is 0.271 e. The molecule has 31 heavy (non-hydrogen) atoms. The summed E-state index contributed by atoms with van der Waals surface area (Å²) in [7, 11) is -4.10. The Balaban J connectivity index is 1.67. The topological polar surface area (TPSA) is 108 Å². The summed E-state index contributed by atoms with van der Waals surface area (Å²) >= 11 is 0.979. The molecule has 1 aliphatic heterocycles. The van der Waals surface area contributed by atoms with Crippen LogP contribution >= 0.6 is 11.3 Å². The molecule has 0 saturated heterocycles. The van der Waals surface area contributed by atoms with E-state index in [1.165, 1.54) is 30.6 Å². The van der Waals surface area contributed by atoms with Crippen LogP contribution in [0.4, 0.5) is 10.1 Å². The van der Waals surface area contributed by atoms with E-state index in [-0.39, 0.29) is 21.2 Å². The number of H-pyrrole nitrogens is 1. The van der Waals surface area contributed by atoms with E-state index in [4.69, 9.17) is 0 Å². The number of thiophene rings is 1. The number of amides is 1. The quantitative estimate of drug-likeness (QED) is 0.602. The number of nitrogens with zero attached hydrogens (tertiary/aromatic N) is 1. The number of dihydropyridines is 1. The number of hydrogen-bond acceptors (Lipinski definition) is 5. The Hall–Kier alpha value is -3.11. The van der Waals surface area contributed by atoms with Crippen molar-refractivity contribution in [1.82, 2.24) is 4.98 Å². The van der Waals surface area contributed by atoms with Gasteiger partial charge in [-0.05, 0) is 49.1 Å². The van der Waals surface area contributed by atoms with Crippen molar-refractivity contribution in [1.29, 1.82) is 0 Å². The van der Waals surface area contributed by atoms with Gasteiger partial charge in [0.1, 0.15) is 10.0 Å². The number of rotatable bonds is 5. The molecule has 2 aromatic heterocycles. The van der Waals surface area contributed by atoms with E-state index < -0.39 is 26.8 Å². The van der Waals surface area contributed by atoms with Crippen molar-refractivity contribution in [3.05, 3.63) is 63.7 Å². The van der Waals surface area contributed by atoms with Gasteiger partial charge in [0.15, 0.2) is 0 Å². The largest absolute Gasteiger partial charge is 0.329 e. The number of aliphatic imine (C=N–C) groups is 1. The Kier molecular flexibility index (Phi) is 5.14. The molecule has 160 valence electrons. The number of hydrogen-bond donors (Lipinski definition) is 2. The zero-order valence-corrected chi connectivity index (χ0v) is 18.2. The van der Waals surface area contributed by atoms with Crippen LogP contribution in [0.3, 0.4) is 0 Å². The highest BCUT2D eigenvalue weighted by Gasteiger charge is 2.32. The monoisotopic (exact) mass is 459 g/mol. The van der Waals surface area contributed by atoms with E-state index in [0.29, 0.717) is 22.3 Å². The van der Waals surface area contributed by atoms with Crippen LogP contribution in [0.1, 0.15) is 25.1 Å². The normalized spacial score (nSPS) is 18.9. The minimum absolute atomic E-state index is 0.0339. The average molecular weight is 460 g/mol. The predicted molar refractivity (Wildman–Crippen MR) is 120 cm³/mol. The average Bonchev–Trinajstić information content (AvgIpc) is 3.23. The van der Waals surface area contributed by atoms with E-state index in [9.17, 15) is 22.4 Å². The maximum atomic E-state index is 14.5. The third-order valence-electron chi connectivity index (χ3n) is 5.25. The molecule has 10 heteroatoms. The van der Waals surface area contributed by atoms with E-state index in [0.717, 1.165) is 17.4 Å². The third-order valence-corrected chi connectivity index (χ3v) is 8.25. The van der Waals surface area contributed by atoms with Crippen molar-refractivity contribution in [2.45, 2.75) is 24.5 Å². The number of fused-ring (bicyclic) bond motifs is 1. The number of carbonyl (C=O) groups excluding carboxylic acids is 1. The van der Waals surface area contributed by atoms with Crippen LogP contribution in [-0.4, -0.2) is 25.5 Å². The number of anilines is 1. The molecule has 0 aliphatic carbocycles. The van der Waals surface area contributed by atoms with E-state index in [1.807, 2.05) is 6.92 Å². The van der Waals surface area contributed by atoms with Gasteiger partial charge in [-0.2, -0.15) is 0 Å². The minimum atomic E-state index is -4.10. The molecule has 0 radical (unpaired) electrons. The van der Waals surface area contributed by atoms with Crippen LogP contribution in [0.15, 0.2) is 56.6 Å². The molecule has 0 bridgehead atoms. The van der Waals surface area contributed by atoms with Crippen LogP contribution in [0.25, 0.3) is 16.3 Å². The number of carbonyl (C=O) groups is 1. The lowest BCUT2D eigenvalue weighted by atomic mass is 9.83. The number of halogens is 1. The smallest absolute Gasteiger partial charge is 0.271 e. The Bertz CT molecular complexity index is 1440. The molecule has 1 aromatic carbocycles. The molecular formula is C21H18FN3O4S2. The highest BCUT2D eigenvalue weighted by Crippen LogP contribution is 2.35. The second-order valence-electron chi connectivity index (χ2n) is 7.38. The molecule has 4 rings (SSSR count). The highest BCUT2D eigenvalue weighted by molar-refractivity contribution is 7.94. The fraction of sp³-hybridized carbons (Fsp3) is 0.190. The molecule has 1 atom stereocenters. The summed E-state index contributed by atoms with van der Waals surface area (Å²) in [6.45, 7) is 3.66. The van der Waals surface area contributed by atoms with Crippen LogP contribution in [0.5, 0.6) is 0 Å². The van der Waals surface area contributed by atoms with Crippen LogP contribution < -0.4 is 10.3 Å². The lowest BCUT2D eigenvalue weighted by molar-refractivity contribution is -0.124. The molecule has 2 N–H and O–H groups in total. The second kappa shape index (κ2) is 7.54. The van der Waals surface area contributed by atoms with Crippen molar-refractivity contribution in [3.8, 4) is 0 Å². The zero-order chi connectivity index (χ0) is 22.4. The molecule has 0 saturated carbocycles. The molecule has 1 amide bonds. The fourth-order valence-corrected chi connectivity index (χ4v) is 5.55. The van der Waals surface area contributed by atoms with Crippen molar-refractivity contribution >= 4 is 55.5 Å². The summed E-state index contributed by atoms with van der Waals surface area (Å²) in [6.07, 6.45) is 5.16. The minimum Gasteiger partial charge on any atom is -0.329 e. The van der Waals surface area contributed by atoms with Gasteiger partial charge in [-0.1, -0.05) is 13.0 Å². The van der Waals surface area contributed by atoms with E-state index >= 15 is 0 Å². The number of pyridine rings is 1. The zero-order valence-electron chi connectivity index (χ0n) is 16.6. The van der Waals surface area contributed by atoms with Crippen LogP contribution in [0, 0.1) is 11.2 Å². The van der Waals surface area contributed by atoms with Gasteiger partial charge in [-0.15, -0.1) is 11.3 Å². The number of allylic oxidation sites excluding steroid dienone is 1. The Labute approximate surface area is 181 Å². The summed E-state index contributed by atoms with van der Waals surface area (Å²) in [6, 6.07) is 6.82. The first-order valence-corrected chi connectivity index (χ1v) is 11.7. The number of sulfonamides is 1. The van der Waals surface area contributed by atoms with Crippen LogP contribution in [0.2, 0.25) is 0 Å². The van der Waals surface area contributed by atoms with Crippen molar-refractivity contribution in [2.75, 3.05) is 4.72 Å². The number of aromatic nitrogens is 1. The second-order valence-corrected chi connectivity index (χ2v) is 10.4. The fourth-order valence-electron chi connectivity index (χ4n) is 3.21. The van der Waals surface area contributed by atoms with E-state index in [1.54, 1.807) is 19.1 Å². The predicted octanol–water partition coefficient (Wildman–Crippen LogP) is 3.94. The van der Waals surface area contributed by atoms with Gasteiger partial charge in [0.05, 0.1) is 11.1 Å². The number of nitrogens with one attached hydrogen (secondary N) is 2.